The minimum Gasteiger partial charge on any atom is -0.496 e. The molecule has 1 saturated heterocycles. The number of alkyl halides is 1. The molecule has 1 N–H and O–H groups in total. The topological polar surface area (TPSA) is 49.8 Å². The highest BCUT2D eigenvalue weighted by molar-refractivity contribution is 6.21. The van der Waals surface area contributed by atoms with Crippen LogP contribution >= 0.6 is 11.6 Å². The van der Waals surface area contributed by atoms with Crippen molar-refractivity contribution in [3.63, 3.8) is 0 Å². The summed E-state index contributed by atoms with van der Waals surface area (Å²) in [7, 11) is 1.65. The van der Waals surface area contributed by atoms with Gasteiger partial charge < -0.3 is 14.7 Å². The molecule has 1 aromatic carbocycles. The van der Waals surface area contributed by atoms with E-state index in [1.807, 2.05) is 19.1 Å². The molecule has 116 valence electrons. The molecule has 1 fully saturated rings. The fraction of sp³-hybridized carbons (Fsp3) is 0.562. The predicted octanol–water partition coefficient (Wildman–Crippen LogP) is 3.08. The smallest absolute Gasteiger partial charge is 0.306 e. The molecule has 1 aromatic rings. The largest absolute Gasteiger partial charge is 0.496 e. The maximum atomic E-state index is 11.0. The van der Waals surface area contributed by atoms with Crippen molar-refractivity contribution in [2.45, 2.75) is 25.1 Å². The molecule has 1 atom stereocenters. The number of piperidine rings is 1. The molecule has 4 nitrogen and oxygen atoms in total. The van der Waals surface area contributed by atoms with E-state index in [1.54, 1.807) is 7.11 Å². The number of nitrogens with zero attached hydrogens (tertiary/aromatic N) is 1. The molecular weight excluding hydrogens is 290 g/mol. The average molecular weight is 312 g/mol. The van der Waals surface area contributed by atoms with Gasteiger partial charge in [-0.15, -0.1) is 11.6 Å². The summed E-state index contributed by atoms with van der Waals surface area (Å²) >= 11 is 6.56. The standard InChI is InChI=1S/C16H22ClNO3/c1-11-3-4-15(21-2)13(9-11)14(17)10-18-7-5-12(6-8-18)16(19)20/h3-4,9,12,14H,5-8,10H2,1-2H3,(H,19,20). The van der Waals surface area contributed by atoms with E-state index in [0.29, 0.717) is 19.4 Å². The molecule has 1 heterocycles. The third kappa shape index (κ3) is 4.11. The van der Waals surface area contributed by atoms with Crippen LogP contribution in [0.5, 0.6) is 5.75 Å². The summed E-state index contributed by atoms with van der Waals surface area (Å²) in [4.78, 5) is 13.2. The maximum Gasteiger partial charge on any atom is 0.306 e. The second-order valence-electron chi connectivity index (χ2n) is 5.63. The fourth-order valence-electron chi connectivity index (χ4n) is 2.79. The number of aliphatic carboxylic acids is 1. The third-order valence-electron chi connectivity index (χ3n) is 4.08. The van der Waals surface area contributed by atoms with Crippen molar-refractivity contribution < 1.29 is 14.6 Å². The third-order valence-corrected chi connectivity index (χ3v) is 4.45. The van der Waals surface area contributed by atoms with E-state index in [0.717, 1.165) is 30.0 Å². The van der Waals surface area contributed by atoms with Gasteiger partial charge in [0.1, 0.15) is 5.75 Å². The van der Waals surface area contributed by atoms with Gasteiger partial charge in [0, 0.05) is 12.1 Å². The highest BCUT2D eigenvalue weighted by Gasteiger charge is 2.26. The monoisotopic (exact) mass is 311 g/mol. The molecule has 0 saturated carbocycles. The number of likely N-dealkylation sites (tertiary alicyclic amines) is 1. The van der Waals surface area contributed by atoms with E-state index in [4.69, 9.17) is 21.4 Å². The van der Waals surface area contributed by atoms with Crippen LogP contribution in [0.15, 0.2) is 18.2 Å². The summed E-state index contributed by atoms with van der Waals surface area (Å²) in [5.74, 6) is -0.0815. The van der Waals surface area contributed by atoms with Crippen molar-refractivity contribution in [2.75, 3.05) is 26.7 Å². The Morgan fingerprint density at radius 3 is 2.71 bits per heavy atom. The van der Waals surface area contributed by atoms with Crippen LogP contribution in [0.2, 0.25) is 0 Å². The van der Waals surface area contributed by atoms with Gasteiger partial charge >= 0.3 is 5.97 Å². The zero-order valence-corrected chi connectivity index (χ0v) is 13.3. The maximum absolute atomic E-state index is 11.0. The number of halogens is 1. The zero-order valence-electron chi connectivity index (χ0n) is 12.5. The number of carbonyl (C=O) groups is 1. The van der Waals surface area contributed by atoms with Crippen LogP contribution in [-0.2, 0) is 4.79 Å². The van der Waals surface area contributed by atoms with Crippen LogP contribution in [0.25, 0.3) is 0 Å². The Kier molecular flexibility index (Phi) is 5.48. The minimum absolute atomic E-state index is 0.152. The number of benzene rings is 1. The molecule has 0 spiro atoms. The Balaban J connectivity index is 1.98. The van der Waals surface area contributed by atoms with Gasteiger partial charge in [-0.3, -0.25) is 4.79 Å². The van der Waals surface area contributed by atoms with Crippen LogP contribution in [0.1, 0.15) is 29.3 Å². The molecule has 21 heavy (non-hydrogen) atoms. The van der Waals surface area contributed by atoms with Gasteiger partial charge in [-0.1, -0.05) is 17.7 Å². The number of carboxylic acids is 1. The van der Waals surface area contributed by atoms with Crippen LogP contribution in [0.4, 0.5) is 0 Å². The number of carboxylic acid groups (broad SMARTS) is 1. The zero-order chi connectivity index (χ0) is 15.4. The first kappa shape index (κ1) is 16.1. The van der Waals surface area contributed by atoms with E-state index >= 15 is 0 Å². The minimum atomic E-state index is -0.683. The summed E-state index contributed by atoms with van der Waals surface area (Å²) in [5.41, 5.74) is 2.15. The normalized spacial score (nSPS) is 18.4. The lowest BCUT2D eigenvalue weighted by Gasteiger charge is -2.31. The van der Waals surface area contributed by atoms with Gasteiger partial charge in [-0.2, -0.15) is 0 Å². The van der Waals surface area contributed by atoms with Crippen LogP contribution in [-0.4, -0.2) is 42.7 Å². The number of rotatable bonds is 5. The van der Waals surface area contributed by atoms with E-state index < -0.39 is 5.97 Å². The van der Waals surface area contributed by atoms with Crippen molar-refractivity contribution in [1.82, 2.24) is 4.90 Å². The lowest BCUT2D eigenvalue weighted by atomic mass is 9.96. The first-order valence-corrected chi connectivity index (χ1v) is 7.68. The summed E-state index contributed by atoms with van der Waals surface area (Å²) < 4.78 is 5.38. The van der Waals surface area contributed by atoms with Gasteiger partial charge in [-0.25, -0.2) is 0 Å². The van der Waals surface area contributed by atoms with Gasteiger partial charge in [0.05, 0.1) is 18.4 Å². The summed E-state index contributed by atoms with van der Waals surface area (Å²) in [6.07, 6.45) is 1.40. The Bertz CT molecular complexity index is 498. The van der Waals surface area contributed by atoms with Crippen molar-refractivity contribution >= 4 is 17.6 Å². The van der Waals surface area contributed by atoms with E-state index in [-0.39, 0.29) is 11.3 Å². The van der Waals surface area contributed by atoms with Crippen LogP contribution < -0.4 is 4.74 Å². The van der Waals surface area contributed by atoms with Gasteiger partial charge in [0.25, 0.3) is 0 Å². The highest BCUT2D eigenvalue weighted by Crippen LogP contribution is 2.32. The Morgan fingerprint density at radius 2 is 2.14 bits per heavy atom. The molecule has 0 aliphatic carbocycles. The first-order valence-electron chi connectivity index (χ1n) is 7.25. The summed E-state index contributed by atoms with van der Waals surface area (Å²) in [6.45, 7) is 4.32. The second kappa shape index (κ2) is 7.14. The Labute approximate surface area is 130 Å². The quantitative estimate of drug-likeness (QED) is 0.849. The van der Waals surface area contributed by atoms with E-state index in [1.165, 1.54) is 0 Å². The first-order chi connectivity index (χ1) is 10.0. The Morgan fingerprint density at radius 1 is 1.48 bits per heavy atom. The lowest BCUT2D eigenvalue weighted by molar-refractivity contribution is -0.143. The molecular formula is C16H22ClNO3. The molecule has 0 bridgehead atoms. The molecule has 2 rings (SSSR count). The van der Waals surface area contributed by atoms with Crippen molar-refractivity contribution in [3.8, 4) is 5.75 Å². The van der Waals surface area contributed by atoms with Gasteiger partial charge in [0.2, 0.25) is 0 Å². The molecule has 1 aliphatic rings. The van der Waals surface area contributed by atoms with Crippen LogP contribution in [0.3, 0.4) is 0 Å². The molecule has 0 aromatic heterocycles. The fourth-order valence-corrected chi connectivity index (χ4v) is 3.15. The second-order valence-corrected chi connectivity index (χ2v) is 6.15. The van der Waals surface area contributed by atoms with Gasteiger partial charge in [0.15, 0.2) is 0 Å². The Hall–Kier alpha value is -1.26. The molecule has 1 unspecified atom stereocenters. The lowest BCUT2D eigenvalue weighted by Crippen LogP contribution is -2.38. The number of hydrogen-bond donors (Lipinski definition) is 1. The summed E-state index contributed by atoms with van der Waals surface area (Å²) in [5, 5.41) is 8.87. The van der Waals surface area contributed by atoms with Crippen LogP contribution in [0, 0.1) is 12.8 Å². The van der Waals surface area contributed by atoms with Crippen molar-refractivity contribution in [2.24, 2.45) is 5.92 Å². The number of ether oxygens (including phenoxy) is 1. The molecule has 0 amide bonds. The molecule has 1 aliphatic heterocycles. The molecule has 0 radical (unpaired) electrons. The van der Waals surface area contributed by atoms with Gasteiger partial charge in [-0.05, 0) is 38.9 Å². The van der Waals surface area contributed by atoms with E-state index in [9.17, 15) is 4.79 Å². The SMILES string of the molecule is COc1ccc(C)cc1C(Cl)CN1CCC(C(=O)O)CC1. The number of methoxy groups -OCH3 is 1. The van der Waals surface area contributed by atoms with Crippen molar-refractivity contribution in [1.29, 1.82) is 0 Å². The summed E-state index contributed by atoms with van der Waals surface area (Å²) in [6, 6.07) is 6.00. The van der Waals surface area contributed by atoms with Crippen molar-refractivity contribution in [3.05, 3.63) is 29.3 Å². The number of aryl methyl sites for hydroxylation is 1. The molecule has 5 heteroatoms. The van der Waals surface area contributed by atoms with E-state index in [2.05, 4.69) is 11.0 Å². The number of hydrogen-bond acceptors (Lipinski definition) is 3. The average Bonchev–Trinajstić information content (AvgIpc) is 2.47. The predicted molar refractivity (Wildman–Crippen MR) is 83.1 cm³/mol. The highest BCUT2D eigenvalue weighted by atomic mass is 35.5.